The maximum absolute atomic E-state index is 9.60. The van der Waals surface area contributed by atoms with Crippen molar-refractivity contribution in [3.05, 3.63) is 26.7 Å². The van der Waals surface area contributed by atoms with Crippen molar-refractivity contribution < 1.29 is 9.84 Å². The van der Waals surface area contributed by atoms with Gasteiger partial charge in [0.05, 0.1) is 27.8 Å². The van der Waals surface area contributed by atoms with Crippen LogP contribution in [-0.2, 0) is 0 Å². The minimum atomic E-state index is -0.705. The molecule has 0 aliphatic carbocycles. The summed E-state index contributed by atoms with van der Waals surface area (Å²) in [7, 11) is 0. The lowest BCUT2D eigenvalue weighted by molar-refractivity contribution is 0.192. The lowest BCUT2D eigenvalue weighted by Gasteiger charge is -2.16. The summed E-state index contributed by atoms with van der Waals surface area (Å²) >= 11 is 9.20. The van der Waals surface area contributed by atoms with E-state index in [2.05, 4.69) is 15.9 Å². The Labute approximate surface area is 108 Å². The van der Waals surface area contributed by atoms with Crippen molar-refractivity contribution in [1.82, 2.24) is 0 Å². The third kappa shape index (κ3) is 2.49. The van der Waals surface area contributed by atoms with Crippen molar-refractivity contribution in [3.63, 3.8) is 0 Å². The van der Waals surface area contributed by atoms with Crippen molar-refractivity contribution >= 4 is 27.5 Å². The summed E-state index contributed by atoms with van der Waals surface area (Å²) in [5, 5.41) is 18.8. The van der Waals surface area contributed by atoms with Crippen molar-refractivity contribution in [3.8, 4) is 11.8 Å². The molecule has 0 aliphatic heterocycles. The van der Waals surface area contributed by atoms with Crippen molar-refractivity contribution in [2.24, 2.45) is 0 Å². The molecule has 16 heavy (non-hydrogen) atoms. The number of rotatable bonds is 3. The van der Waals surface area contributed by atoms with Crippen LogP contribution in [-0.4, -0.2) is 11.7 Å². The molecule has 86 valence electrons. The number of ether oxygens (including phenoxy) is 1. The van der Waals surface area contributed by atoms with Gasteiger partial charge in [0.25, 0.3) is 0 Å². The second-order valence-electron chi connectivity index (χ2n) is 3.19. The van der Waals surface area contributed by atoms with Crippen molar-refractivity contribution in [2.75, 3.05) is 6.61 Å². The Hall–Kier alpha value is -0.760. The highest BCUT2D eigenvalue weighted by atomic mass is 79.9. The number of benzene rings is 1. The van der Waals surface area contributed by atoms with Gasteiger partial charge in [-0.05, 0) is 35.8 Å². The molecule has 1 atom stereocenters. The summed E-state index contributed by atoms with van der Waals surface area (Å²) in [5.41, 5.74) is 0.882. The molecule has 0 fully saturated rings. The monoisotopic (exact) mass is 303 g/mol. The Kier molecular flexibility index (Phi) is 4.60. The summed E-state index contributed by atoms with van der Waals surface area (Å²) in [5.74, 6) is 0.471. The lowest BCUT2D eigenvalue weighted by Crippen LogP contribution is -2.02. The molecule has 0 spiro atoms. The minimum Gasteiger partial charge on any atom is -0.492 e. The first-order valence-corrected chi connectivity index (χ1v) is 5.92. The summed E-state index contributed by atoms with van der Waals surface area (Å²) in [6, 6.07) is 3.54. The Morgan fingerprint density at radius 3 is 2.75 bits per heavy atom. The first-order chi connectivity index (χ1) is 7.52. The molecule has 0 saturated carbocycles. The highest BCUT2D eigenvalue weighted by molar-refractivity contribution is 9.10. The summed E-state index contributed by atoms with van der Waals surface area (Å²) < 4.78 is 5.90. The highest BCUT2D eigenvalue weighted by Gasteiger charge is 2.19. The number of aliphatic hydroxyl groups excluding tert-OH is 1. The number of nitriles is 1. The minimum absolute atomic E-state index is 0.300. The molecular formula is C11H11BrClNO2. The van der Waals surface area contributed by atoms with E-state index in [4.69, 9.17) is 21.6 Å². The molecule has 1 N–H and O–H groups in total. The van der Waals surface area contributed by atoms with Crippen LogP contribution < -0.4 is 4.74 Å². The molecule has 5 heteroatoms. The molecule has 3 nitrogen and oxygen atoms in total. The predicted octanol–water partition coefficient (Wildman–Crippen LogP) is 3.43. The van der Waals surface area contributed by atoms with E-state index in [-0.39, 0.29) is 0 Å². The second kappa shape index (κ2) is 5.53. The molecule has 1 aromatic carbocycles. The maximum Gasteiger partial charge on any atom is 0.140 e. The lowest BCUT2D eigenvalue weighted by atomic mass is 10.1. The standard InChI is InChI=1S/C11H11BrClNO2/c1-3-16-11-7(6(2)15)4-9(13)8(5-14)10(11)12/h4,6,15H,3H2,1-2H3/t6-/m0/s1. The third-order valence-corrected chi connectivity index (χ3v) is 3.11. The van der Waals surface area contributed by atoms with Crippen LogP contribution in [0.2, 0.25) is 5.02 Å². The molecule has 0 amide bonds. The number of nitrogens with zero attached hydrogens (tertiary/aromatic N) is 1. The average Bonchev–Trinajstić information content (AvgIpc) is 2.22. The maximum atomic E-state index is 9.60. The Morgan fingerprint density at radius 2 is 2.31 bits per heavy atom. The smallest absolute Gasteiger partial charge is 0.140 e. The number of aliphatic hydroxyl groups is 1. The molecule has 0 unspecified atom stereocenters. The van der Waals surface area contributed by atoms with Crippen LogP contribution in [0.25, 0.3) is 0 Å². The van der Waals surface area contributed by atoms with E-state index < -0.39 is 6.10 Å². The topological polar surface area (TPSA) is 53.2 Å². The summed E-state index contributed by atoms with van der Waals surface area (Å²) in [4.78, 5) is 0. The zero-order valence-electron chi connectivity index (χ0n) is 8.92. The fourth-order valence-corrected chi connectivity index (χ4v) is 2.34. The Bertz CT molecular complexity index is 441. The van der Waals surface area contributed by atoms with E-state index in [1.165, 1.54) is 0 Å². The molecule has 0 saturated heterocycles. The second-order valence-corrected chi connectivity index (χ2v) is 4.39. The van der Waals surface area contributed by atoms with E-state index in [0.29, 0.717) is 33.0 Å². The Balaban J connectivity index is 3.47. The quantitative estimate of drug-likeness (QED) is 0.931. The molecule has 0 heterocycles. The number of halogens is 2. The number of hydrogen-bond donors (Lipinski definition) is 1. The van der Waals surface area contributed by atoms with E-state index >= 15 is 0 Å². The van der Waals surface area contributed by atoms with Gasteiger partial charge in [0, 0.05) is 5.56 Å². The van der Waals surface area contributed by atoms with Crippen molar-refractivity contribution in [2.45, 2.75) is 20.0 Å². The molecule has 0 radical (unpaired) electrons. The summed E-state index contributed by atoms with van der Waals surface area (Å²) in [6.07, 6.45) is -0.705. The third-order valence-electron chi connectivity index (χ3n) is 2.05. The van der Waals surface area contributed by atoms with Gasteiger partial charge < -0.3 is 9.84 Å². The van der Waals surface area contributed by atoms with Crippen LogP contribution in [0.3, 0.4) is 0 Å². The van der Waals surface area contributed by atoms with Gasteiger partial charge in [-0.2, -0.15) is 5.26 Å². The molecular weight excluding hydrogens is 293 g/mol. The van der Waals surface area contributed by atoms with Crippen LogP contribution in [0.1, 0.15) is 31.1 Å². The largest absolute Gasteiger partial charge is 0.492 e. The zero-order chi connectivity index (χ0) is 12.3. The fourth-order valence-electron chi connectivity index (χ4n) is 1.32. The summed E-state index contributed by atoms with van der Waals surface area (Å²) in [6.45, 7) is 3.90. The SMILES string of the molecule is CCOc1c([C@H](C)O)cc(Cl)c(C#N)c1Br. The fraction of sp³-hybridized carbons (Fsp3) is 0.364. The normalized spacial score (nSPS) is 12.0. The first kappa shape index (κ1) is 13.3. The van der Waals surface area contributed by atoms with Gasteiger partial charge in [-0.1, -0.05) is 11.6 Å². The predicted molar refractivity (Wildman–Crippen MR) is 65.7 cm³/mol. The molecule has 1 rings (SSSR count). The van der Waals surface area contributed by atoms with Gasteiger partial charge >= 0.3 is 0 Å². The molecule has 1 aromatic rings. The van der Waals surface area contributed by atoms with Crippen molar-refractivity contribution in [1.29, 1.82) is 5.26 Å². The van der Waals surface area contributed by atoms with Gasteiger partial charge in [0.1, 0.15) is 11.8 Å². The van der Waals surface area contributed by atoms with E-state index in [9.17, 15) is 5.11 Å². The van der Waals surface area contributed by atoms with E-state index in [0.717, 1.165) is 0 Å². The van der Waals surface area contributed by atoms with Gasteiger partial charge in [0.2, 0.25) is 0 Å². The van der Waals surface area contributed by atoms with E-state index in [1.807, 2.05) is 13.0 Å². The molecule has 0 bridgehead atoms. The van der Waals surface area contributed by atoms with Gasteiger partial charge in [-0.25, -0.2) is 0 Å². The van der Waals surface area contributed by atoms with E-state index in [1.54, 1.807) is 13.0 Å². The molecule has 0 aromatic heterocycles. The zero-order valence-corrected chi connectivity index (χ0v) is 11.3. The van der Waals surface area contributed by atoms with Gasteiger partial charge in [-0.3, -0.25) is 0 Å². The van der Waals surface area contributed by atoms with Crippen LogP contribution >= 0.6 is 27.5 Å². The van der Waals surface area contributed by atoms with Gasteiger partial charge in [0.15, 0.2) is 0 Å². The average molecular weight is 305 g/mol. The van der Waals surface area contributed by atoms with Crippen LogP contribution in [0.15, 0.2) is 10.5 Å². The van der Waals surface area contributed by atoms with Crippen LogP contribution in [0, 0.1) is 11.3 Å². The number of hydrogen-bond acceptors (Lipinski definition) is 3. The van der Waals surface area contributed by atoms with Gasteiger partial charge in [-0.15, -0.1) is 0 Å². The Morgan fingerprint density at radius 1 is 1.69 bits per heavy atom. The first-order valence-electron chi connectivity index (χ1n) is 4.75. The van der Waals surface area contributed by atoms with Crippen LogP contribution in [0.5, 0.6) is 5.75 Å². The highest BCUT2D eigenvalue weighted by Crippen LogP contribution is 2.39. The molecule has 0 aliphatic rings. The van der Waals surface area contributed by atoms with Crippen LogP contribution in [0.4, 0.5) is 0 Å².